The summed E-state index contributed by atoms with van der Waals surface area (Å²) in [5.41, 5.74) is 1.87. The molecule has 0 aliphatic rings. The molecule has 0 heterocycles. The summed E-state index contributed by atoms with van der Waals surface area (Å²) in [4.78, 5) is 14.5. The summed E-state index contributed by atoms with van der Waals surface area (Å²) < 4.78 is 11.1. The van der Waals surface area contributed by atoms with E-state index in [1.54, 1.807) is 19.1 Å². The molecule has 5 nitrogen and oxygen atoms in total. The third kappa shape index (κ3) is 6.58. The van der Waals surface area contributed by atoms with Gasteiger partial charge < -0.3 is 19.5 Å². The molecule has 0 spiro atoms. The lowest BCUT2D eigenvalue weighted by Gasteiger charge is -2.32. The molecule has 29 heavy (non-hydrogen) atoms. The fourth-order valence-electron chi connectivity index (χ4n) is 3.32. The van der Waals surface area contributed by atoms with Crippen molar-refractivity contribution in [1.29, 1.82) is 0 Å². The molecule has 0 saturated heterocycles. The van der Waals surface area contributed by atoms with Gasteiger partial charge in [-0.2, -0.15) is 0 Å². The van der Waals surface area contributed by atoms with Gasteiger partial charge in [0.15, 0.2) is 0 Å². The molecular formula is C24H33NO4. The van der Waals surface area contributed by atoms with E-state index in [2.05, 4.69) is 0 Å². The smallest absolute Gasteiger partial charge is 0.225 e. The van der Waals surface area contributed by atoms with E-state index in [0.717, 1.165) is 16.9 Å². The lowest BCUT2D eigenvalue weighted by atomic mass is 9.99. The number of aliphatic hydroxyl groups is 1. The maximum absolute atomic E-state index is 12.8. The highest BCUT2D eigenvalue weighted by molar-refractivity contribution is 5.78. The van der Waals surface area contributed by atoms with Crippen molar-refractivity contribution in [1.82, 2.24) is 4.90 Å². The predicted octanol–water partition coefficient (Wildman–Crippen LogP) is 4.21. The maximum Gasteiger partial charge on any atom is 0.225 e. The van der Waals surface area contributed by atoms with Gasteiger partial charge in [-0.1, -0.05) is 49.4 Å². The Labute approximate surface area is 174 Å². The summed E-state index contributed by atoms with van der Waals surface area (Å²) in [5, 5.41) is 10.6. The molecule has 0 aromatic heterocycles. The van der Waals surface area contributed by atoms with E-state index in [0.29, 0.717) is 13.0 Å². The van der Waals surface area contributed by atoms with Crippen LogP contribution in [0.1, 0.15) is 44.4 Å². The highest BCUT2D eigenvalue weighted by atomic mass is 16.5. The topological polar surface area (TPSA) is 59.0 Å². The number of carbonyl (C=O) groups is 1. The van der Waals surface area contributed by atoms with Crippen LogP contribution in [0.15, 0.2) is 54.6 Å². The number of methoxy groups -OCH3 is 1. The van der Waals surface area contributed by atoms with Crippen LogP contribution < -0.4 is 4.74 Å². The standard InChI is InChI=1S/C24H33NO4/c1-17(15-18(2)29-16-20-11-13-22(28-5)14-12-20)24(27)25(4)19(3)23(26)21-9-7-6-8-10-21/h6-14,17-19,23,26H,15-16H2,1-5H3/t17-,18+,19+,23-/m1/s1. The second-order valence-corrected chi connectivity index (χ2v) is 7.65. The molecule has 1 N–H and O–H groups in total. The first kappa shape index (κ1) is 22.9. The second kappa shape index (κ2) is 11.0. The van der Waals surface area contributed by atoms with Crippen molar-refractivity contribution in [3.8, 4) is 5.75 Å². The van der Waals surface area contributed by atoms with E-state index in [9.17, 15) is 9.90 Å². The van der Waals surface area contributed by atoms with E-state index in [-0.39, 0.29) is 24.0 Å². The quantitative estimate of drug-likeness (QED) is 0.650. The first-order valence-electron chi connectivity index (χ1n) is 10.1. The van der Waals surface area contributed by atoms with Crippen molar-refractivity contribution in [2.75, 3.05) is 14.2 Å². The van der Waals surface area contributed by atoms with Crippen LogP contribution >= 0.6 is 0 Å². The number of amides is 1. The zero-order valence-electron chi connectivity index (χ0n) is 18.0. The number of hydrogen-bond donors (Lipinski definition) is 1. The molecule has 1 amide bonds. The van der Waals surface area contributed by atoms with Crippen LogP contribution in [0.3, 0.4) is 0 Å². The zero-order valence-corrected chi connectivity index (χ0v) is 18.0. The molecule has 0 radical (unpaired) electrons. The number of ether oxygens (including phenoxy) is 2. The van der Waals surface area contributed by atoms with Crippen molar-refractivity contribution in [2.45, 2.75) is 52.0 Å². The van der Waals surface area contributed by atoms with Gasteiger partial charge in [0.25, 0.3) is 0 Å². The van der Waals surface area contributed by atoms with Crippen LogP contribution in [-0.2, 0) is 16.1 Å². The van der Waals surface area contributed by atoms with Gasteiger partial charge in [0.2, 0.25) is 5.91 Å². The van der Waals surface area contributed by atoms with Gasteiger partial charge in [0.1, 0.15) is 5.75 Å². The van der Waals surface area contributed by atoms with Crippen molar-refractivity contribution in [3.05, 3.63) is 65.7 Å². The monoisotopic (exact) mass is 399 g/mol. The van der Waals surface area contributed by atoms with E-state index < -0.39 is 6.10 Å². The minimum atomic E-state index is -0.721. The number of aliphatic hydroxyl groups excluding tert-OH is 1. The van der Waals surface area contributed by atoms with Crippen LogP contribution in [0.2, 0.25) is 0 Å². The molecule has 2 aromatic rings. The molecule has 0 fully saturated rings. The van der Waals surface area contributed by atoms with Crippen LogP contribution in [-0.4, -0.2) is 42.2 Å². The molecule has 4 atom stereocenters. The van der Waals surface area contributed by atoms with Gasteiger partial charge in [0.05, 0.1) is 32.0 Å². The first-order valence-corrected chi connectivity index (χ1v) is 10.1. The average Bonchev–Trinajstić information content (AvgIpc) is 2.76. The second-order valence-electron chi connectivity index (χ2n) is 7.65. The van der Waals surface area contributed by atoms with E-state index >= 15 is 0 Å². The summed E-state index contributed by atoms with van der Waals surface area (Å²) in [5.74, 6) is 0.625. The highest BCUT2D eigenvalue weighted by Gasteiger charge is 2.27. The zero-order chi connectivity index (χ0) is 21.4. The molecular weight excluding hydrogens is 366 g/mol. The Morgan fingerprint density at radius 3 is 2.24 bits per heavy atom. The highest BCUT2D eigenvalue weighted by Crippen LogP contribution is 2.22. The third-order valence-electron chi connectivity index (χ3n) is 5.36. The number of rotatable bonds is 10. The molecule has 2 aromatic carbocycles. The minimum absolute atomic E-state index is 0.00683. The summed E-state index contributed by atoms with van der Waals surface area (Å²) >= 11 is 0. The van der Waals surface area contributed by atoms with Gasteiger partial charge in [-0.05, 0) is 43.5 Å². The Morgan fingerprint density at radius 2 is 1.66 bits per heavy atom. The van der Waals surface area contributed by atoms with Crippen LogP contribution in [0.25, 0.3) is 0 Å². The van der Waals surface area contributed by atoms with E-state index in [1.165, 1.54) is 0 Å². The largest absolute Gasteiger partial charge is 0.497 e. The summed E-state index contributed by atoms with van der Waals surface area (Å²) in [7, 11) is 3.39. The Hall–Kier alpha value is -2.37. The van der Waals surface area contributed by atoms with Crippen molar-refractivity contribution in [3.63, 3.8) is 0 Å². The molecule has 0 unspecified atom stereocenters. The van der Waals surface area contributed by atoms with Crippen LogP contribution in [0.4, 0.5) is 0 Å². The molecule has 0 saturated carbocycles. The Morgan fingerprint density at radius 1 is 1.03 bits per heavy atom. The fourth-order valence-corrected chi connectivity index (χ4v) is 3.32. The first-order chi connectivity index (χ1) is 13.8. The van der Waals surface area contributed by atoms with Crippen LogP contribution in [0, 0.1) is 5.92 Å². The van der Waals surface area contributed by atoms with Crippen molar-refractivity contribution >= 4 is 5.91 Å². The number of likely N-dealkylation sites (N-methyl/N-ethyl adjacent to an activating group) is 1. The van der Waals surface area contributed by atoms with Gasteiger partial charge >= 0.3 is 0 Å². The normalized spacial score (nSPS) is 15.2. The summed E-state index contributed by atoms with van der Waals surface area (Å²) in [6, 6.07) is 16.9. The predicted molar refractivity (Wildman–Crippen MR) is 115 cm³/mol. The van der Waals surface area contributed by atoms with Crippen molar-refractivity contribution in [2.24, 2.45) is 5.92 Å². The van der Waals surface area contributed by atoms with E-state index in [4.69, 9.17) is 9.47 Å². The number of benzene rings is 2. The Balaban J connectivity index is 1.84. The lowest BCUT2D eigenvalue weighted by molar-refractivity contribution is -0.139. The summed E-state index contributed by atoms with van der Waals surface area (Å²) in [6.45, 7) is 6.25. The Kier molecular flexibility index (Phi) is 8.68. The van der Waals surface area contributed by atoms with Crippen LogP contribution in [0.5, 0.6) is 5.75 Å². The Bertz CT molecular complexity index is 747. The van der Waals surface area contributed by atoms with Crippen molar-refractivity contribution < 1.29 is 19.4 Å². The average molecular weight is 400 g/mol. The van der Waals surface area contributed by atoms with E-state index in [1.807, 2.05) is 75.4 Å². The molecule has 0 bridgehead atoms. The maximum atomic E-state index is 12.8. The molecule has 0 aliphatic carbocycles. The number of nitrogens with zero attached hydrogens (tertiary/aromatic N) is 1. The summed E-state index contributed by atoms with van der Waals surface area (Å²) in [6.07, 6.45) is -0.159. The lowest BCUT2D eigenvalue weighted by Crippen LogP contribution is -2.42. The fraction of sp³-hybridized carbons (Fsp3) is 0.458. The third-order valence-corrected chi connectivity index (χ3v) is 5.36. The molecule has 0 aliphatic heterocycles. The minimum Gasteiger partial charge on any atom is -0.497 e. The van der Waals surface area contributed by atoms with Gasteiger partial charge in [0, 0.05) is 13.0 Å². The number of carbonyl (C=O) groups excluding carboxylic acids is 1. The van der Waals surface area contributed by atoms with Gasteiger partial charge in [-0.3, -0.25) is 4.79 Å². The van der Waals surface area contributed by atoms with Gasteiger partial charge in [-0.15, -0.1) is 0 Å². The molecule has 5 heteroatoms. The number of hydrogen-bond acceptors (Lipinski definition) is 4. The SMILES string of the molecule is COc1ccc(CO[C@@H](C)C[C@@H](C)C(=O)N(C)[C@@H](C)[C@@H](O)c2ccccc2)cc1. The molecule has 2 rings (SSSR count). The van der Waals surface area contributed by atoms with Gasteiger partial charge in [-0.25, -0.2) is 0 Å². The molecule has 158 valence electrons.